The molecule has 1 atom stereocenters. The molecule has 106 valence electrons. The number of carbonyl (C=O) groups excluding carboxylic acids is 1. The first-order valence-electron chi connectivity index (χ1n) is 7.72. The summed E-state index contributed by atoms with van der Waals surface area (Å²) in [7, 11) is 0. The van der Waals surface area contributed by atoms with Gasteiger partial charge in [-0.2, -0.15) is 0 Å². The second-order valence-corrected chi connectivity index (χ2v) is 5.32. The summed E-state index contributed by atoms with van der Waals surface area (Å²) >= 11 is 0. The van der Waals surface area contributed by atoms with E-state index < -0.39 is 0 Å². The largest absolute Gasteiger partial charge is 0.466 e. The van der Waals surface area contributed by atoms with Gasteiger partial charge in [0, 0.05) is 12.5 Å². The highest BCUT2D eigenvalue weighted by atomic mass is 16.5. The Bertz CT molecular complexity index is 213. The number of carbonyl (C=O) groups is 1. The van der Waals surface area contributed by atoms with Gasteiger partial charge in [-0.1, -0.05) is 39.0 Å². The lowest BCUT2D eigenvalue weighted by molar-refractivity contribution is -0.144. The maximum Gasteiger partial charge on any atom is 0.305 e. The van der Waals surface area contributed by atoms with Crippen molar-refractivity contribution in [2.45, 2.75) is 77.2 Å². The molecule has 1 unspecified atom stereocenters. The zero-order valence-corrected chi connectivity index (χ0v) is 11.9. The molecule has 0 amide bonds. The van der Waals surface area contributed by atoms with E-state index in [9.17, 15) is 4.79 Å². The predicted molar refractivity (Wildman–Crippen MR) is 74.6 cm³/mol. The van der Waals surface area contributed by atoms with Gasteiger partial charge >= 0.3 is 5.97 Å². The molecule has 1 aliphatic rings. The van der Waals surface area contributed by atoms with Gasteiger partial charge in [0.2, 0.25) is 0 Å². The second kappa shape index (κ2) is 10.4. The van der Waals surface area contributed by atoms with Crippen LogP contribution in [-0.4, -0.2) is 25.2 Å². The molecule has 3 nitrogen and oxygen atoms in total. The molecule has 1 fully saturated rings. The highest BCUT2D eigenvalue weighted by Gasteiger charge is 2.14. The Morgan fingerprint density at radius 3 is 2.78 bits per heavy atom. The van der Waals surface area contributed by atoms with Crippen LogP contribution in [0.2, 0.25) is 0 Å². The molecule has 0 aromatic carbocycles. The molecule has 0 aromatic heterocycles. The Balaban J connectivity index is 1.90. The van der Waals surface area contributed by atoms with Crippen LogP contribution in [0.4, 0.5) is 0 Å². The van der Waals surface area contributed by atoms with E-state index in [4.69, 9.17) is 4.74 Å². The Kier molecular flexibility index (Phi) is 8.92. The first-order valence-corrected chi connectivity index (χ1v) is 7.72. The van der Waals surface area contributed by atoms with Crippen LogP contribution >= 0.6 is 0 Å². The van der Waals surface area contributed by atoms with Gasteiger partial charge in [-0.25, -0.2) is 0 Å². The Hall–Kier alpha value is -0.570. The lowest BCUT2D eigenvalue weighted by atomic mass is 10.0. The summed E-state index contributed by atoms with van der Waals surface area (Å²) in [6.45, 7) is 3.93. The van der Waals surface area contributed by atoms with Gasteiger partial charge in [0.25, 0.3) is 0 Å². The molecule has 1 N–H and O–H groups in total. The van der Waals surface area contributed by atoms with Gasteiger partial charge in [0.1, 0.15) is 0 Å². The van der Waals surface area contributed by atoms with Gasteiger partial charge in [0.05, 0.1) is 6.61 Å². The molecule has 1 aliphatic heterocycles. The monoisotopic (exact) mass is 255 g/mol. The first kappa shape index (κ1) is 15.5. The molecule has 1 heterocycles. The highest BCUT2D eigenvalue weighted by molar-refractivity contribution is 5.69. The van der Waals surface area contributed by atoms with Crippen molar-refractivity contribution in [2.75, 3.05) is 13.2 Å². The molecule has 1 rings (SSSR count). The number of esters is 1. The third-order valence-electron chi connectivity index (χ3n) is 3.62. The van der Waals surface area contributed by atoms with Gasteiger partial charge in [-0.15, -0.1) is 0 Å². The lowest BCUT2D eigenvalue weighted by Crippen LogP contribution is -2.34. The van der Waals surface area contributed by atoms with E-state index in [1.54, 1.807) is 0 Å². The summed E-state index contributed by atoms with van der Waals surface area (Å²) in [5.74, 6) is -0.0159. The average Bonchev–Trinajstić information content (AvgIpc) is 2.41. The van der Waals surface area contributed by atoms with Crippen LogP contribution in [0.25, 0.3) is 0 Å². The van der Waals surface area contributed by atoms with E-state index in [-0.39, 0.29) is 5.97 Å². The van der Waals surface area contributed by atoms with Crippen molar-refractivity contribution >= 4 is 5.97 Å². The normalized spacial score (nSPS) is 19.7. The minimum absolute atomic E-state index is 0.0159. The average molecular weight is 255 g/mol. The predicted octanol–water partition coefficient (Wildman–Crippen LogP) is 3.42. The summed E-state index contributed by atoms with van der Waals surface area (Å²) in [6, 6.07) is 0.538. The van der Waals surface area contributed by atoms with E-state index in [0.717, 1.165) is 19.4 Å². The number of piperidine rings is 1. The zero-order chi connectivity index (χ0) is 13.1. The van der Waals surface area contributed by atoms with E-state index >= 15 is 0 Å². The molecule has 0 radical (unpaired) electrons. The number of rotatable bonds is 9. The summed E-state index contributed by atoms with van der Waals surface area (Å²) in [4.78, 5) is 11.5. The number of nitrogens with one attached hydrogen (secondary N) is 1. The smallest absolute Gasteiger partial charge is 0.305 e. The van der Waals surface area contributed by atoms with Gasteiger partial charge in [-0.3, -0.25) is 4.79 Å². The fraction of sp³-hybridized carbons (Fsp3) is 0.933. The van der Waals surface area contributed by atoms with Gasteiger partial charge < -0.3 is 10.1 Å². The maximum atomic E-state index is 11.5. The molecule has 18 heavy (non-hydrogen) atoms. The molecular weight excluding hydrogens is 226 g/mol. The molecule has 0 saturated carbocycles. The minimum atomic E-state index is -0.0159. The fourth-order valence-electron chi connectivity index (χ4n) is 2.43. The summed E-state index contributed by atoms with van der Waals surface area (Å²) < 4.78 is 5.25. The molecule has 3 heteroatoms. The number of hydrogen-bond donors (Lipinski definition) is 1. The third kappa shape index (κ3) is 7.70. The standard InChI is InChI=1S/C15H29NO2/c1-2-3-4-5-8-13-18-15(17)11-10-14-9-6-7-12-16-14/h14,16H,2-13H2,1H3. The molecular formula is C15H29NO2. The molecule has 0 aliphatic carbocycles. The van der Waals surface area contributed by atoms with Gasteiger partial charge in [-0.05, 0) is 32.2 Å². The minimum Gasteiger partial charge on any atom is -0.466 e. The number of hydrogen-bond acceptors (Lipinski definition) is 3. The first-order chi connectivity index (χ1) is 8.83. The third-order valence-corrected chi connectivity index (χ3v) is 3.62. The van der Waals surface area contributed by atoms with E-state index in [0.29, 0.717) is 19.1 Å². The molecule has 0 aromatic rings. The fourth-order valence-corrected chi connectivity index (χ4v) is 2.43. The zero-order valence-electron chi connectivity index (χ0n) is 11.9. The van der Waals surface area contributed by atoms with Crippen molar-refractivity contribution in [1.82, 2.24) is 5.32 Å². The van der Waals surface area contributed by atoms with Crippen molar-refractivity contribution in [3.05, 3.63) is 0 Å². The van der Waals surface area contributed by atoms with Crippen LogP contribution in [-0.2, 0) is 9.53 Å². The van der Waals surface area contributed by atoms with Gasteiger partial charge in [0.15, 0.2) is 0 Å². The number of unbranched alkanes of at least 4 members (excludes halogenated alkanes) is 4. The second-order valence-electron chi connectivity index (χ2n) is 5.32. The van der Waals surface area contributed by atoms with Crippen molar-refractivity contribution in [2.24, 2.45) is 0 Å². The summed E-state index contributed by atoms with van der Waals surface area (Å²) in [6.07, 6.45) is 11.3. The van der Waals surface area contributed by atoms with Crippen LogP contribution in [0.5, 0.6) is 0 Å². The molecule has 0 spiro atoms. The van der Waals surface area contributed by atoms with Crippen LogP contribution in [0.3, 0.4) is 0 Å². The van der Waals surface area contributed by atoms with Crippen molar-refractivity contribution in [3.63, 3.8) is 0 Å². The molecule has 0 bridgehead atoms. The quantitative estimate of drug-likeness (QED) is 0.507. The van der Waals surface area contributed by atoms with E-state index in [2.05, 4.69) is 12.2 Å². The van der Waals surface area contributed by atoms with Crippen molar-refractivity contribution in [3.8, 4) is 0 Å². The summed E-state index contributed by atoms with van der Waals surface area (Å²) in [5.41, 5.74) is 0. The van der Waals surface area contributed by atoms with Crippen LogP contribution in [0.15, 0.2) is 0 Å². The summed E-state index contributed by atoms with van der Waals surface area (Å²) in [5, 5.41) is 3.46. The SMILES string of the molecule is CCCCCCCOC(=O)CCC1CCCCN1. The Morgan fingerprint density at radius 1 is 1.22 bits per heavy atom. The maximum absolute atomic E-state index is 11.5. The van der Waals surface area contributed by atoms with Crippen molar-refractivity contribution < 1.29 is 9.53 Å². The Labute approximate surface area is 112 Å². The van der Waals surface area contributed by atoms with Crippen LogP contribution in [0.1, 0.15) is 71.1 Å². The van der Waals surface area contributed by atoms with Crippen LogP contribution in [0, 0.1) is 0 Å². The molecule has 1 saturated heterocycles. The van der Waals surface area contributed by atoms with E-state index in [1.807, 2.05) is 0 Å². The van der Waals surface area contributed by atoms with Crippen LogP contribution < -0.4 is 5.32 Å². The van der Waals surface area contributed by atoms with E-state index in [1.165, 1.54) is 44.9 Å². The van der Waals surface area contributed by atoms with Crippen molar-refractivity contribution in [1.29, 1.82) is 0 Å². The Morgan fingerprint density at radius 2 is 2.06 bits per heavy atom. The topological polar surface area (TPSA) is 38.3 Å². The highest BCUT2D eigenvalue weighted by Crippen LogP contribution is 2.12. The lowest BCUT2D eigenvalue weighted by Gasteiger charge is -2.22. The number of ether oxygens (including phenoxy) is 1.